The number of nitrogens with zero attached hydrogens (tertiary/aromatic N) is 1. The molecule has 1 atom stereocenters. The molecule has 21 heavy (non-hydrogen) atoms. The van der Waals surface area contributed by atoms with E-state index in [0.717, 1.165) is 5.56 Å². The first-order valence-electron chi connectivity index (χ1n) is 7.25. The second-order valence-electron chi connectivity index (χ2n) is 6.87. The molecule has 4 nitrogen and oxygen atoms in total. The molecule has 1 aromatic rings. The van der Waals surface area contributed by atoms with Crippen LogP contribution < -0.4 is 5.32 Å². The minimum Gasteiger partial charge on any atom is -0.310 e. The highest BCUT2D eigenvalue weighted by Crippen LogP contribution is 2.30. The highest BCUT2D eigenvalue weighted by atomic mass is 32.2. The van der Waals surface area contributed by atoms with Crippen LogP contribution in [0.15, 0.2) is 15.7 Å². The zero-order chi connectivity index (χ0) is 16.4. The Labute approximate surface area is 133 Å². The topological polar surface area (TPSA) is 49.4 Å². The first-order chi connectivity index (χ1) is 9.46. The molecule has 0 radical (unpaired) electrons. The summed E-state index contributed by atoms with van der Waals surface area (Å²) < 4.78 is 27.3. The summed E-state index contributed by atoms with van der Waals surface area (Å²) in [5.74, 6) is 0. The monoisotopic (exact) mass is 332 g/mol. The molecule has 1 aromatic heterocycles. The van der Waals surface area contributed by atoms with Gasteiger partial charge in [-0.05, 0) is 29.3 Å². The molecule has 0 saturated carbocycles. The van der Waals surface area contributed by atoms with Crippen molar-refractivity contribution < 1.29 is 8.42 Å². The van der Waals surface area contributed by atoms with Gasteiger partial charge in [0.05, 0.1) is 0 Å². The Kier molecular flexibility index (Phi) is 6.00. The molecule has 0 aliphatic carbocycles. The molecule has 0 bridgehead atoms. The lowest BCUT2D eigenvalue weighted by Gasteiger charge is -2.34. The summed E-state index contributed by atoms with van der Waals surface area (Å²) in [6.45, 7) is 12.9. The molecule has 0 aromatic carbocycles. The number of hydrogen-bond acceptors (Lipinski definition) is 4. The van der Waals surface area contributed by atoms with E-state index in [2.05, 4.69) is 39.9 Å². The lowest BCUT2D eigenvalue weighted by atomic mass is 9.88. The van der Waals surface area contributed by atoms with Gasteiger partial charge in [0.1, 0.15) is 4.21 Å². The van der Waals surface area contributed by atoms with Crippen molar-refractivity contribution in [3.05, 3.63) is 17.0 Å². The molecule has 0 fully saturated rings. The van der Waals surface area contributed by atoms with Crippen LogP contribution >= 0.6 is 11.3 Å². The van der Waals surface area contributed by atoms with E-state index < -0.39 is 10.0 Å². The van der Waals surface area contributed by atoms with Crippen molar-refractivity contribution in [2.75, 3.05) is 7.05 Å². The summed E-state index contributed by atoms with van der Waals surface area (Å²) in [6, 6.07) is 2.09. The molecule has 0 spiro atoms. The van der Waals surface area contributed by atoms with E-state index in [0.29, 0.717) is 16.8 Å². The van der Waals surface area contributed by atoms with Gasteiger partial charge in [0.15, 0.2) is 0 Å². The molecule has 0 saturated heterocycles. The van der Waals surface area contributed by atoms with E-state index >= 15 is 0 Å². The Balaban J connectivity index is 2.93. The number of rotatable bonds is 6. The Morgan fingerprint density at radius 1 is 1.29 bits per heavy atom. The van der Waals surface area contributed by atoms with Gasteiger partial charge in [-0.15, -0.1) is 11.3 Å². The summed E-state index contributed by atoms with van der Waals surface area (Å²) in [6.07, 6.45) is 0. The van der Waals surface area contributed by atoms with Crippen molar-refractivity contribution in [2.24, 2.45) is 5.41 Å². The van der Waals surface area contributed by atoms with Crippen LogP contribution in [0.2, 0.25) is 0 Å². The van der Waals surface area contributed by atoms with Crippen LogP contribution in [0.25, 0.3) is 0 Å². The molecule has 0 aliphatic rings. The normalized spacial score (nSPS) is 14.9. The fourth-order valence-corrected chi connectivity index (χ4v) is 4.74. The predicted octanol–water partition coefficient (Wildman–Crippen LogP) is 3.30. The van der Waals surface area contributed by atoms with Gasteiger partial charge < -0.3 is 5.32 Å². The maximum atomic E-state index is 12.7. The van der Waals surface area contributed by atoms with E-state index in [1.807, 2.05) is 12.3 Å². The van der Waals surface area contributed by atoms with Crippen LogP contribution in [0.3, 0.4) is 0 Å². The molecule has 122 valence electrons. The highest BCUT2D eigenvalue weighted by molar-refractivity contribution is 7.91. The summed E-state index contributed by atoms with van der Waals surface area (Å²) in [4.78, 5) is 0. The fourth-order valence-electron chi connectivity index (χ4n) is 1.80. The zero-order valence-electron chi connectivity index (χ0n) is 14.1. The molecule has 1 N–H and O–H groups in total. The lowest BCUT2D eigenvalue weighted by molar-refractivity contribution is 0.217. The van der Waals surface area contributed by atoms with Crippen molar-refractivity contribution in [3.8, 4) is 0 Å². The van der Waals surface area contributed by atoms with E-state index in [1.165, 1.54) is 15.6 Å². The summed E-state index contributed by atoms with van der Waals surface area (Å²) in [7, 11) is -1.75. The quantitative estimate of drug-likeness (QED) is 0.869. The maximum Gasteiger partial charge on any atom is 0.252 e. The smallest absolute Gasteiger partial charge is 0.252 e. The third kappa shape index (κ3) is 4.77. The van der Waals surface area contributed by atoms with E-state index in [1.54, 1.807) is 13.1 Å². The van der Waals surface area contributed by atoms with Crippen LogP contribution in [-0.4, -0.2) is 31.9 Å². The van der Waals surface area contributed by atoms with Gasteiger partial charge >= 0.3 is 0 Å². The summed E-state index contributed by atoms with van der Waals surface area (Å²) in [5, 5.41) is 5.22. The van der Waals surface area contributed by atoms with E-state index in [4.69, 9.17) is 0 Å². The van der Waals surface area contributed by atoms with Crippen LogP contribution in [-0.2, 0) is 16.6 Å². The van der Waals surface area contributed by atoms with Gasteiger partial charge in [0, 0.05) is 25.7 Å². The van der Waals surface area contributed by atoms with Gasteiger partial charge in [0.2, 0.25) is 0 Å². The molecule has 0 amide bonds. The van der Waals surface area contributed by atoms with Crippen molar-refractivity contribution in [3.63, 3.8) is 0 Å². The third-order valence-corrected chi connectivity index (χ3v) is 7.17. The molecule has 0 aliphatic heterocycles. The number of nitrogens with one attached hydrogen (secondary N) is 1. The molecular weight excluding hydrogens is 304 g/mol. The molecule has 1 heterocycles. The maximum absolute atomic E-state index is 12.7. The van der Waals surface area contributed by atoms with Gasteiger partial charge in [-0.1, -0.05) is 34.6 Å². The summed E-state index contributed by atoms with van der Waals surface area (Å²) in [5.41, 5.74) is 0.922. The largest absolute Gasteiger partial charge is 0.310 e. The van der Waals surface area contributed by atoms with Crippen LogP contribution in [0.1, 0.15) is 47.1 Å². The van der Waals surface area contributed by atoms with Crippen molar-refractivity contribution in [1.29, 1.82) is 0 Å². The third-order valence-electron chi connectivity index (χ3n) is 3.78. The number of hydrogen-bond donors (Lipinski definition) is 1. The Morgan fingerprint density at radius 2 is 1.86 bits per heavy atom. The average molecular weight is 333 g/mol. The first-order valence-corrected chi connectivity index (χ1v) is 9.57. The fraction of sp³-hybridized carbons (Fsp3) is 0.733. The van der Waals surface area contributed by atoms with E-state index in [-0.39, 0.29) is 11.5 Å². The number of thiophene rings is 1. The molecule has 6 heteroatoms. The summed E-state index contributed by atoms with van der Waals surface area (Å²) >= 11 is 1.29. The van der Waals surface area contributed by atoms with E-state index in [9.17, 15) is 8.42 Å². The average Bonchev–Trinajstić information content (AvgIpc) is 2.82. The van der Waals surface area contributed by atoms with Gasteiger partial charge in [-0.2, -0.15) is 4.31 Å². The van der Waals surface area contributed by atoms with Crippen LogP contribution in [0.5, 0.6) is 0 Å². The van der Waals surface area contributed by atoms with Gasteiger partial charge in [0.25, 0.3) is 10.0 Å². The predicted molar refractivity (Wildman–Crippen MR) is 90.2 cm³/mol. The highest BCUT2D eigenvalue weighted by Gasteiger charge is 2.33. The minimum atomic E-state index is -3.42. The molecule has 1 rings (SSSR count). The van der Waals surface area contributed by atoms with Gasteiger partial charge in [-0.25, -0.2) is 8.42 Å². The standard InChI is InChI=1S/C15H28N2O2S2/c1-11(2)16-9-13-8-14(20-10-13)21(18,19)17(7)12(3)15(4,5)6/h8,10-12,16H,9H2,1-7H3. The SMILES string of the molecule is CC(C)NCc1csc(S(=O)(=O)N(C)C(C)C(C)(C)C)c1. The lowest BCUT2D eigenvalue weighted by Crippen LogP contribution is -2.42. The Hall–Kier alpha value is -0.430. The first kappa shape index (κ1) is 18.6. The second kappa shape index (κ2) is 6.77. The van der Waals surface area contributed by atoms with Crippen molar-refractivity contribution in [1.82, 2.24) is 9.62 Å². The van der Waals surface area contributed by atoms with Crippen LogP contribution in [0.4, 0.5) is 0 Å². The van der Waals surface area contributed by atoms with Crippen molar-refractivity contribution in [2.45, 2.75) is 64.4 Å². The minimum absolute atomic E-state index is 0.0677. The zero-order valence-corrected chi connectivity index (χ0v) is 15.7. The number of sulfonamides is 1. The van der Waals surface area contributed by atoms with Gasteiger partial charge in [-0.3, -0.25) is 0 Å². The molecule has 1 unspecified atom stereocenters. The Morgan fingerprint density at radius 3 is 2.33 bits per heavy atom. The van der Waals surface area contributed by atoms with Crippen molar-refractivity contribution >= 4 is 21.4 Å². The Bertz CT molecular complexity index is 556. The second-order valence-corrected chi connectivity index (χ2v) is 10.0. The molecular formula is C15H28N2O2S2. The van der Waals surface area contributed by atoms with Crippen LogP contribution in [0, 0.1) is 5.41 Å².